The van der Waals surface area contributed by atoms with E-state index in [9.17, 15) is 18.0 Å². The lowest BCUT2D eigenvalue weighted by Gasteiger charge is -2.13. The lowest BCUT2D eigenvalue weighted by molar-refractivity contribution is -0.274. The molecule has 1 aromatic heterocycles. The number of oxazole rings is 1. The van der Waals surface area contributed by atoms with Gasteiger partial charge in [0.05, 0.1) is 6.20 Å². The zero-order valence-corrected chi connectivity index (χ0v) is 15.8. The standard InChI is InChI=1S/C20H16ClF3N2O3/c21-15-7-5-13(6-8-15)17-12-26-19(28-17)10-9-18(27)25-11-14-3-1-2-4-16(14)29-20(22,23)24/h1-8,12H,9-11H2,(H,25,27). The maximum absolute atomic E-state index is 12.4. The van der Waals surface area contributed by atoms with Gasteiger partial charge in [0.25, 0.3) is 0 Å². The molecule has 5 nitrogen and oxygen atoms in total. The third-order valence-electron chi connectivity index (χ3n) is 3.92. The average Bonchev–Trinajstić information content (AvgIpc) is 3.14. The Morgan fingerprint density at radius 1 is 1.14 bits per heavy atom. The summed E-state index contributed by atoms with van der Waals surface area (Å²) in [5, 5.41) is 3.17. The highest BCUT2D eigenvalue weighted by Crippen LogP contribution is 2.26. The van der Waals surface area contributed by atoms with Crippen LogP contribution in [0.25, 0.3) is 11.3 Å². The number of rotatable bonds is 7. The molecule has 3 aromatic rings. The minimum atomic E-state index is -4.80. The number of hydrogen-bond donors (Lipinski definition) is 1. The smallest absolute Gasteiger partial charge is 0.441 e. The van der Waals surface area contributed by atoms with Gasteiger partial charge in [-0.25, -0.2) is 4.98 Å². The Morgan fingerprint density at radius 2 is 1.86 bits per heavy atom. The zero-order valence-electron chi connectivity index (χ0n) is 15.0. The first-order valence-electron chi connectivity index (χ1n) is 8.61. The molecule has 0 saturated carbocycles. The van der Waals surface area contributed by atoms with Crippen molar-refractivity contribution in [3.05, 3.63) is 71.2 Å². The molecule has 1 amide bonds. The molecular formula is C20H16ClF3N2O3. The van der Waals surface area contributed by atoms with Gasteiger partial charge in [-0.1, -0.05) is 29.8 Å². The second-order valence-electron chi connectivity index (χ2n) is 6.06. The number of amides is 1. The number of hydrogen-bond acceptors (Lipinski definition) is 4. The molecule has 0 bridgehead atoms. The number of halogens is 4. The average molecular weight is 425 g/mol. The van der Waals surface area contributed by atoms with E-state index in [0.29, 0.717) is 16.7 Å². The van der Waals surface area contributed by atoms with E-state index in [1.54, 1.807) is 36.5 Å². The molecule has 0 spiro atoms. The lowest BCUT2D eigenvalue weighted by atomic mass is 10.2. The Kier molecular flexibility index (Phi) is 6.43. The van der Waals surface area contributed by atoms with Crippen molar-refractivity contribution in [3.8, 4) is 17.1 Å². The Bertz CT molecular complexity index is 972. The fourth-order valence-electron chi connectivity index (χ4n) is 2.55. The number of carbonyl (C=O) groups is 1. The number of nitrogens with zero attached hydrogens (tertiary/aromatic N) is 1. The van der Waals surface area contributed by atoms with E-state index in [1.165, 1.54) is 18.2 Å². The van der Waals surface area contributed by atoms with Gasteiger partial charge in [0, 0.05) is 35.5 Å². The topological polar surface area (TPSA) is 64.4 Å². The molecule has 0 aliphatic carbocycles. The van der Waals surface area contributed by atoms with Crippen molar-refractivity contribution < 1.29 is 27.1 Å². The highest BCUT2D eigenvalue weighted by atomic mass is 35.5. The van der Waals surface area contributed by atoms with E-state index in [2.05, 4.69) is 15.0 Å². The first-order valence-corrected chi connectivity index (χ1v) is 8.99. The predicted molar refractivity (Wildman–Crippen MR) is 100 cm³/mol. The Balaban J connectivity index is 1.52. The third kappa shape index (κ3) is 6.25. The summed E-state index contributed by atoms with van der Waals surface area (Å²) in [6.07, 6.45) is -2.92. The Hall–Kier alpha value is -3.00. The number of nitrogens with one attached hydrogen (secondary N) is 1. The molecule has 1 heterocycles. The number of alkyl halides is 3. The minimum absolute atomic E-state index is 0.0723. The summed E-state index contributed by atoms with van der Waals surface area (Å²) in [5.74, 6) is 0.236. The molecule has 0 atom stereocenters. The second-order valence-corrected chi connectivity index (χ2v) is 6.49. The predicted octanol–water partition coefficient (Wildman–Crippen LogP) is 5.14. The number of aromatic nitrogens is 1. The van der Waals surface area contributed by atoms with Gasteiger partial charge in [-0.3, -0.25) is 4.79 Å². The van der Waals surface area contributed by atoms with Crippen LogP contribution in [0.5, 0.6) is 5.75 Å². The van der Waals surface area contributed by atoms with Crippen LogP contribution in [0.3, 0.4) is 0 Å². The molecule has 1 N–H and O–H groups in total. The number of benzene rings is 2. The number of aryl methyl sites for hydroxylation is 1. The molecule has 0 radical (unpaired) electrons. The van der Waals surface area contributed by atoms with Crippen LogP contribution in [0.4, 0.5) is 13.2 Å². The summed E-state index contributed by atoms with van der Waals surface area (Å²) in [7, 11) is 0. The summed E-state index contributed by atoms with van der Waals surface area (Å²) in [6.45, 7) is -0.0906. The molecule has 0 fully saturated rings. The van der Waals surface area contributed by atoms with Crippen LogP contribution >= 0.6 is 11.6 Å². The minimum Gasteiger partial charge on any atom is -0.441 e. The lowest BCUT2D eigenvalue weighted by Crippen LogP contribution is -2.24. The van der Waals surface area contributed by atoms with Crippen LogP contribution in [-0.4, -0.2) is 17.3 Å². The maximum Gasteiger partial charge on any atom is 0.573 e. The monoisotopic (exact) mass is 424 g/mol. The summed E-state index contributed by atoms with van der Waals surface area (Å²) in [6, 6.07) is 12.7. The van der Waals surface area contributed by atoms with Crippen LogP contribution in [-0.2, 0) is 17.8 Å². The Morgan fingerprint density at radius 3 is 2.59 bits per heavy atom. The quantitative estimate of drug-likeness (QED) is 0.570. The number of para-hydroxylation sites is 1. The zero-order chi connectivity index (χ0) is 20.9. The van der Waals surface area contributed by atoms with Gasteiger partial charge in [0.1, 0.15) is 5.75 Å². The SMILES string of the molecule is O=C(CCc1ncc(-c2ccc(Cl)cc2)o1)NCc1ccccc1OC(F)(F)F. The van der Waals surface area contributed by atoms with E-state index >= 15 is 0 Å². The van der Waals surface area contributed by atoms with Crippen molar-refractivity contribution in [2.24, 2.45) is 0 Å². The molecule has 0 unspecified atom stereocenters. The van der Waals surface area contributed by atoms with Gasteiger partial charge in [-0.15, -0.1) is 13.2 Å². The van der Waals surface area contributed by atoms with E-state index in [-0.39, 0.29) is 36.6 Å². The fourth-order valence-corrected chi connectivity index (χ4v) is 2.68. The van der Waals surface area contributed by atoms with Crippen LogP contribution in [0.2, 0.25) is 5.02 Å². The fraction of sp³-hybridized carbons (Fsp3) is 0.200. The van der Waals surface area contributed by atoms with E-state index in [4.69, 9.17) is 16.0 Å². The molecule has 9 heteroatoms. The molecule has 2 aromatic carbocycles. The van der Waals surface area contributed by atoms with Crippen molar-refractivity contribution in [2.75, 3.05) is 0 Å². The number of ether oxygens (including phenoxy) is 1. The summed E-state index contributed by atoms with van der Waals surface area (Å²) in [5.41, 5.74) is 1.03. The van der Waals surface area contributed by atoms with Gasteiger partial charge in [0.2, 0.25) is 5.91 Å². The Labute approximate surface area is 169 Å². The van der Waals surface area contributed by atoms with Crippen molar-refractivity contribution >= 4 is 17.5 Å². The van der Waals surface area contributed by atoms with Gasteiger partial charge < -0.3 is 14.5 Å². The van der Waals surface area contributed by atoms with Crippen LogP contribution < -0.4 is 10.1 Å². The first kappa shape index (κ1) is 20.7. The van der Waals surface area contributed by atoms with Gasteiger partial charge in [-0.05, 0) is 30.3 Å². The van der Waals surface area contributed by atoms with E-state index in [1.807, 2.05) is 0 Å². The first-order chi connectivity index (χ1) is 13.8. The normalized spacial score (nSPS) is 11.3. The molecule has 0 aliphatic rings. The summed E-state index contributed by atoms with van der Waals surface area (Å²) in [4.78, 5) is 16.2. The summed E-state index contributed by atoms with van der Waals surface area (Å²) < 4.78 is 46.9. The molecule has 0 aliphatic heterocycles. The van der Waals surface area contributed by atoms with Crippen molar-refractivity contribution in [3.63, 3.8) is 0 Å². The molecule has 152 valence electrons. The molecule has 29 heavy (non-hydrogen) atoms. The second kappa shape index (κ2) is 9.00. The summed E-state index contributed by atoms with van der Waals surface area (Å²) >= 11 is 5.85. The van der Waals surface area contributed by atoms with E-state index < -0.39 is 6.36 Å². The number of carbonyl (C=O) groups excluding carboxylic acids is 1. The van der Waals surface area contributed by atoms with Crippen LogP contribution in [0, 0.1) is 0 Å². The van der Waals surface area contributed by atoms with Crippen molar-refractivity contribution in [1.82, 2.24) is 10.3 Å². The van der Waals surface area contributed by atoms with E-state index in [0.717, 1.165) is 5.56 Å². The third-order valence-corrected chi connectivity index (χ3v) is 4.17. The van der Waals surface area contributed by atoms with Crippen molar-refractivity contribution in [1.29, 1.82) is 0 Å². The van der Waals surface area contributed by atoms with Crippen LogP contribution in [0.1, 0.15) is 17.9 Å². The molecule has 3 rings (SSSR count). The van der Waals surface area contributed by atoms with Crippen molar-refractivity contribution in [2.45, 2.75) is 25.7 Å². The highest BCUT2D eigenvalue weighted by Gasteiger charge is 2.31. The highest BCUT2D eigenvalue weighted by molar-refractivity contribution is 6.30. The maximum atomic E-state index is 12.4. The molecule has 0 saturated heterocycles. The largest absolute Gasteiger partial charge is 0.573 e. The van der Waals surface area contributed by atoms with Gasteiger partial charge in [0.15, 0.2) is 11.7 Å². The van der Waals surface area contributed by atoms with Crippen LogP contribution in [0.15, 0.2) is 59.1 Å². The molecular weight excluding hydrogens is 409 g/mol. The van der Waals surface area contributed by atoms with Gasteiger partial charge >= 0.3 is 6.36 Å². The van der Waals surface area contributed by atoms with Gasteiger partial charge in [-0.2, -0.15) is 0 Å².